The van der Waals surface area contributed by atoms with Crippen LogP contribution in [0.2, 0.25) is 0 Å². The Morgan fingerprint density at radius 2 is 1.52 bits per heavy atom. The molecule has 0 radical (unpaired) electrons. The molecule has 4 rings (SSSR count). The normalized spacial score (nSPS) is 12.9. The SMILES string of the molecule is Cc1ccc(CNC(=O)C(CCO)N(C)CCC=C2c3ccccc3-c3ccccc32)cc1. The Hall–Kier alpha value is -3.21. The average molecular weight is 441 g/mol. The smallest absolute Gasteiger partial charge is 0.237 e. The minimum atomic E-state index is -0.359. The number of hydrogen-bond acceptors (Lipinski definition) is 3. The standard InChI is InChI=1S/C29H32N2O2/c1-21-13-15-22(16-14-21)20-30-29(33)28(17-19-32)31(2)18-7-12-27-25-10-5-3-8-23(25)24-9-4-6-11-26(24)27/h3-6,8-16,28,32H,7,17-20H2,1-2H3,(H,30,33). The van der Waals surface area contributed by atoms with Crippen LogP contribution in [0.15, 0.2) is 78.9 Å². The van der Waals surface area contributed by atoms with Crippen LogP contribution in [0.3, 0.4) is 0 Å². The van der Waals surface area contributed by atoms with Crippen LogP contribution in [0.5, 0.6) is 0 Å². The van der Waals surface area contributed by atoms with E-state index in [4.69, 9.17) is 0 Å². The van der Waals surface area contributed by atoms with Gasteiger partial charge in [0.05, 0.1) is 6.04 Å². The largest absolute Gasteiger partial charge is 0.396 e. The summed E-state index contributed by atoms with van der Waals surface area (Å²) < 4.78 is 0. The summed E-state index contributed by atoms with van der Waals surface area (Å²) in [6, 6.07) is 24.8. The van der Waals surface area contributed by atoms with Crippen molar-refractivity contribution in [3.8, 4) is 11.1 Å². The van der Waals surface area contributed by atoms with E-state index in [2.05, 4.69) is 59.9 Å². The number of aliphatic hydroxyl groups excluding tert-OH is 1. The lowest BCUT2D eigenvalue weighted by molar-refractivity contribution is -0.126. The summed E-state index contributed by atoms with van der Waals surface area (Å²) in [7, 11) is 1.96. The molecule has 170 valence electrons. The summed E-state index contributed by atoms with van der Waals surface area (Å²) >= 11 is 0. The molecule has 3 aromatic rings. The average Bonchev–Trinajstić information content (AvgIpc) is 3.16. The molecule has 1 aliphatic rings. The van der Waals surface area contributed by atoms with Crippen molar-refractivity contribution in [3.63, 3.8) is 0 Å². The Kier molecular flexibility index (Phi) is 7.38. The van der Waals surface area contributed by atoms with E-state index in [1.165, 1.54) is 33.4 Å². The van der Waals surface area contributed by atoms with Gasteiger partial charge in [0.25, 0.3) is 0 Å². The van der Waals surface area contributed by atoms with E-state index in [1.807, 2.05) is 43.1 Å². The van der Waals surface area contributed by atoms with Gasteiger partial charge >= 0.3 is 0 Å². The van der Waals surface area contributed by atoms with Crippen molar-refractivity contribution in [2.75, 3.05) is 20.2 Å². The van der Waals surface area contributed by atoms with Gasteiger partial charge in [-0.2, -0.15) is 0 Å². The van der Waals surface area contributed by atoms with Crippen LogP contribution in [0.1, 0.15) is 35.1 Å². The van der Waals surface area contributed by atoms with Crippen molar-refractivity contribution in [1.82, 2.24) is 10.2 Å². The van der Waals surface area contributed by atoms with E-state index in [0.29, 0.717) is 13.0 Å². The fraction of sp³-hybridized carbons (Fsp3) is 0.276. The molecule has 1 atom stereocenters. The van der Waals surface area contributed by atoms with E-state index in [-0.39, 0.29) is 18.6 Å². The molecule has 33 heavy (non-hydrogen) atoms. The minimum Gasteiger partial charge on any atom is -0.396 e. The molecule has 0 aliphatic heterocycles. The summed E-state index contributed by atoms with van der Waals surface area (Å²) in [4.78, 5) is 14.9. The fourth-order valence-corrected chi connectivity index (χ4v) is 4.53. The van der Waals surface area contributed by atoms with E-state index >= 15 is 0 Å². The predicted octanol–water partition coefficient (Wildman–Crippen LogP) is 4.80. The Morgan fingerprint density at radius 3 is 2.09 bits per heavy atom. The molecular weight excluding hydrogens is 408 g/mol. The van der Waals surface area contributed by atoms with Crippen LogP contribution < -0.4 is 5.32 Å². The van der Waals surface area contributed by atoms with Crippen LogP contribution >= 0.6 is 0 Å². The molecule has 0 bridgehead atoms. The van der Waals surface area contributed by atoms with Crippen LogP contribution in [-0.4, -0.2) is 42.2 Å². The molecule has 4 nitrogen and oxygen atoms in total. The van der Waals surface area contributed by atoms with Gasteiger partial charge in [-0.3, -0.25) is 9.69 Å². The lowest BCUT2D eigenvalue weighted by atomic mass is 10.0. The van der Waals surface area contributed by atoms with Crippen molar-refractivity contribution in [2.45, 2.75) is 32.4 Å². The highest BCUT2D eigenvalue weighted by Gasteiger charge is 2.24. The number of benzene rings is 3. The van der Waals surface area contributed by atoms with Crippen LogP contribution in [-0.2, 0) is 11.3 Å². The Morgan fingerprint density at radius 1 is 0.939 bits per heavy atom. The topological polar surface area (TPSA) is 52.6 Å². The van der Waals surface area contributed by atoms with Gasteiger partial charge in [-0.15, -0.1) is 0 Å². The molecule has 1 unspecified atom stereocenters. The van der Waals surface area contributed by atoms with E-state index in [0.717, 1.165) is 18.5 Å². The van der Waals surface area contributed by atoms with Crippen molar-refractivity contribution in [2.24, 2.45) is 0 Å². The molecule has 2 N–H and O–H groups in total. The second-order valence-electron chi connectivity index (χ2n) is 8.71. The highest BCUT2D eigenvalue weighted by Crippen LogP contribution is 2.43. The number of likely N-dealkylation sites (N-methyl/N-ethyl adjacent to an activating group) is 1. The number of nitrogens with zero attached hydrogens (tertiary/aromatic N) is 1. The third-order valence-electron chi connectivity index (χ3n) is 6.38. The maximum atomic E-state index is 12.9. The van der Waals surface area contributed by atoms with Gasteiger partial charge in [-0.25, -0.2) is 0 Å². The zero-order chi connectivity index (χ0) is 23.2. The summed E-state index contributed by atoms with van der Waals surface area (Å²) in [6.07, 6.45) is 3.52. The second-order valence-corrected chi connectivity index (χ2v) is 8.71. The molecular formula is C29H32N2O2. The quantitative estimate of drug-likeness (QED) is 0.393. The van der Waals surface area contributed by atoms with Gasteiger partial charge in [0.15, 0.2) is 0 Å². The first-order valence-corrected chi connectivity index (χ1v) is 11.6. The summed E-state index contributed by atoms with van der Waals surface area (Å²) in [5.41, 5.74) is 8.63. The Bertz CT molecular complexity index is 1090. The number of carbonyl (C=O) groups excluding carboxylic acids is 1. The highest BCUT2D eigenvalue weighted by molar-refractivity contribution is 6.01. The van der Waals surface area contributed by atoms with E-state index in [1.54, 1.807) is 0 Å². The molecule has 0 heterocycles. The number of carbonyl (C=O) groups is 1. The number of amides is 1. The molecule has 1 amide bonds. The molecule has 0 aromatic heterocycles. The van der Waals surface area contributed by atoms with Gasteiger partial charge in [-0.1, -0.05) is 84.4 Å². The number of aliphatic hydroxyl groups is 1. The molecule has 0 fully saturated rings. The lowest BCUT2D eigenvalue weighted by Gasteiger charge is -2.26. The highest BCUT2D eigenvalue weighted by atomic mass is 16.3. The van der Waals surface area contributed by atoms with Gasteiger partial charge in [-0.05, 0) is 60.2 Å². The first-order valence-electron chi connectivity index (χ1n) is 11.6. The number of hydrogen-bond donors (Lipinski definition) is 2. The number of rotatable bonds is 9. The third-order valence-corrected chi connectivity index (χ3v) is 6.38. The third kappa shape index (κ3) is 5.24. The van der Waals surface area contributed by atoms with Crippen LogP contribution in [0.4, 0.5) is 0 Å². The van der Waals surface area contributed by atoms with Crippen molar-refractivity contribution < 1.29 is 9.90 Å². The maximum Gasteiger partial charge on any atom is 0.237 e. The predicted molar refractivity (Wildman–Crippen MR) is 135 cm³/mol. The molecule has 1 aliphatic carbocycles. The second kappa shape index (κ2) is 10.6. The first kappa shape index (κ1) is 23.0. The minimum absolute atomic E-state index is 0.0190. The first-order chi connectivity index (χ1) is 16.1. The lowest BCUT2D eigenvalue weighted by Crippen LogP contribution is -2.45. The fourth-order valence-electron chi connectivity index (χ4n) is 4.53. The van der Waals surface area contributed by atoms with Crippen LogP contribution in [0.25, 0.3) is 16.7 Å². The van der Waals surface area contributed by atoms with Gasteiger partial charge in [0.1, 0.15) is 0 Å². The Balaban J connectivity index is 1.41. The zero-order valence-electron chi connectivity index (χ0n) is 19.4. The number of fused-ring (bicyclic) bond motifs is 3. The van der Waals surface area contributed by atoms with Gasteiger partial charge in [0, 0.05) is 19.7 Å². The summed E-state index contributed by atoms with van der Waals surface area (Å²) in [6.45, 7) is 3.25. The van der Waals surface area contributed by atoms with Crippen molar-refractivity contribution in [3.05, 3.63) is 101 Å². The zero-order valence-corrected chi connectivity index (χ0v) is 19.4. The number of nitrogens with one attached hydrogen (secondary N) is 1. The monoisotopic (exact) mass is 440 g/mol. The molecule has 3 aromatic carbocycles. The van der Waals surface area contributed by atoms with E-state index in [9.17, 15) is 9.90 Å². The number of aryl methyl sites for hydroxylation is 1. The summed E-state index contributed by atoms with van der Waals surface area (Å²) in [5, 5.41) is 12.6. The van der Waals surface area contributed by atoms with Crippen LogP contribution in [0, 0.1) is 6.92 Å². The summed E-state index contributed by atoms with van der Waals surface area (Å²) in [5.74, 6) is -0.0451. The van der Waals surface area contributed by atoms with Crippen molar-refractivity contribution in [1.29, 1.82) is 0 Å². The van der Waals surface area contributed by atoms with Gasteiger partial charge < -0.3 is 10.4 Å². The molecule has 4 heteroatoms. The maximum absolute atomic E-state index is 12.9. The van der Waals surface area contributed by atoms with Gasteiger partial charge in [0.2, 0.25) is 5.91 Å². The molecule has 0 spiro atoms. The van der Waals surface area contributed by atoms with Crippen molar-refractivity contribution >= 4 is 11.5 Å². The molecule has 0 saturated heterocycles. The molecule has 0 saturated carbocycles. The van der Waals surface area contributed by atoms with E-state index < -0.39 is 0 Å². The Labute approximate surface area is 196 Å².